The van der Waals surface area contributed by atoms with Crippen LogP contribution >= 0.6 is 0 Å². The molecule has 0 atom stereocenters. The maximum Gasteiger partial charge on any atom is 0.124 e. The van der Waals surface area contributed by atoms with Crippen LogP contribution in [0.15, 0.2) is 52.5 Å². The van der Waals surface area contributed by atoms with Gasteiger partial charge in [0.25, 0.3) is 0 Å². The van der Waals surface area contributed by atoms with Gasteiger partial charge in [0, 0.05) is 18.7 Å². The number of aliphatic imine (C=N–C) groups is 2. The molecule has 1 aromatic rings. The molecule has 0 unspecified atom stereocenters. The molecule has 4 heteroatoms. The molecule has 1 aliphatic rings. The number of nitrogens with zero attached hydrogens (tertiary/aromatic N) is 2. The Kier molecular flexibility index (Phi) is 3.57. The lowest BCUT2D eigenvalue weighted by Gasteiger charge is -2.06. The SMILES string of the molecule is C/N=C1/C=CC=C/C1=N/Cc1ccc(O)cc1O. The summed E-state index contributed by atoms with van der Waals surface area (Å²) >= 11 is 0. The molecule has 0 aliphatic heterocycles. The molecule has 4 nitrogen and oxygen atoms in total. The van der Waals surface area contributed by atoms with Crippen LogP contribution in [0.3, 0.4) is 0 Å². The Morgan fingerprint density at radius 1 is 1.06 bits per heavy atom. The van der Waals surface area contributed by atoms with Gasteiger partial charge in [0.05, 0.1) is 18.0 Å². The summed E-state index contributed by atoms with van der Waals surface area (Å²) in [6.45, 7) is 0.346. The number of aromatic hydroxyl groups is 2. The van der Waals surface area contributed by atoms with Crippen molar-refractivity contribution in [2.24, 2.45) is 9.98 Å². The molecule has 0 saturated carbocycles. The average molecular weight is 242 g/mol. The van der Waals surface area contributed by atoms with Crippen LogP contribution in [-0.2, 0) is 6.54 Å². The summed E-state index contributed by atoms with van der Waals surface area (Å²) in [6.07, 6.45) is 7.55. The summed E-state index contributed by atoms with van der Waals surface area (Å²) < 4.78 is 0. The van der Waals surface area contributed by atoms with Gasteiger partial charge < -0.3 is 10.2 Å². The molecule has 2 rings (SSSR count). The van der Waals surface area contributed by atoms with Crippen molar-refractivity contribution in [3.63, 3.8) is 0 Å². The van der Waals surface area contributed by atoms with E-state index in [1.165, 1.54) is 12.1 Å². The summed E-state index contributed by atoms with van der Waals surface area (Å²) in [5.74, 6) is 0.0878. The molecule has 0 saturated heterocycles. The van der Waals surface area contributed by atoms with E-state index in [9.17, 15) is 10.2 Å². The van der Waals surface area contributed by atoms with E-state index in [1.54, 1.807) is 13.1 Å². The van der Waals surface area contributed by atoms with E-state index in [0.717, 1.165) is 11.4 Å². The number of allylic oxidation sites excluding steroid dienone is 4. The number of hydrogen-bond acceptors (Lipinski definition) is 4. The predicted molar refractivity (Wildman–Crippen MR) is 72.5 cm³/mol. The first-order valence-corrected chi connectivity index (χ1v) is 5.58. The average Bonchev–Trinajstić information content (AvgIpc) is 2.38. The van der Waals surface area contributed by atoms with Gasteiger partial charge in [-0.25, -0.2) is 0 Å². The Labute approximate surface area is 105 Å². The van der Waals surface area contributed by atoms with Crippen molar-refractivity contribution in [3.05, 3.63) is 48.1 Å². The fraction of sp³-hybridized carbons (Fsp3) is 0.143. The molecule has 92 valence electrons. The lowest BCUT2D eigenvalue weighted by molar-refractivity contribution is 0.446. The number of phenols is 2. The third-order valence-corrected chi connectivity index (χ3v) is 2.61. The van der Waals surface area contributed by atoms with Gasteiger partial charge in [-0.1, -0.05) is 12.2 Å². The highest BCUT2D eigenvalue weighted by molar-refractivity contribution is 6.51. The van der Waals surface area contributed by atoms with Crippen LogP contribution in [0.2, 0.25) is 0 Å². The summed E-state index contributed by atoms with van der Waals surface area (Å²) in [5, 5.41) is 18.9. The third kappa shape index (κ3) is 2.66. The quantitative estimate of drug-likeness (QED) is 0.781. The highest BCUT2D eigenvalue weighted by Gasteiger charge is 2.06. The van der Waals surface area contributed by atoms with Gasteiger partial charge in [0.2, 0.25) is 0 Å². The zero-order valence-corrected chi connectivity index (χ0v) is 10.0. The molecule has 0 radical (unpaired) electrons. The number of benzene rings is 1. The summed E-state index contributed by atoms with van der Waals surface area (Å²) in [4.78, 5) is 8.53. The van der Waals surface area contributed by atoms with Crippen LogP contribution in [0.4, 0.5) is 0 Å². The van der Waals surface area contributed by atoms with Crippen molar-refractivity contribution in [2.75, 3.05) is 7.05 Å². The van der Waals surface area contributed by atoms with Gasteiger partial charge in [-0.05, 0) is 24.3 Å². The summed E-state index contributed by atoms with van der Waals surface area (Å²) in [5.41, 5.74) is 2.27. The van der Waals surface area contributed by atoms with Crippen molar-refractivity contribution >= 4 is 11.4 Å². The van der Waals surface area contributed by atoms with E-state index in [2.05, 4.69) is 9.98 Å². The minimum atomic E-state index is 0.0419. The van der Waals surface area contributed by atoms with E-state index in [1.807, 2.05) is 24.3 Å². The van der Waals surface area contributed by atoms with Crippen molar-refractivity contribution in [1.29, 1.82) is 0 Å². The molecule has 18 heavy (non-hydrogen) atoms. The first-order chi connectivity index (χ1) is 8.70. The molecule has 0 heterocycles. The molecule has 0 amide bonds. The molecule has 0 aromatic heterocycles. The van der Waals surface area contributed by atoms with Crippen LogP contribution in [-0.4, -0.2) is 28.7 Å². The largest absolute Gasteiger partial charge is 0.508 e. The van der Waals surface area contributed by atoms with Crippen LogP contribution in [0.5, 0.6) is 11.5 Å². The second-order valence-corrected chi connectivity index (χ2v) is 3.84. The highest BCUT2D eigenvalue weighted by Crippen LogP contribution is 2.23. The molecular weight excluding hydrogens is 228 g/mol. The topological polar surface area (TPSA) is 65.2 Å². The molecule has 1 aromatic carbocycles. The normalized spacial score (nSPS) is 18.7. The molecule has 0 fully saturated rings. The molecular formula is C14H14N2O2. The van der Waals surface area contributed by atoms with Gasteiger partial charge in [-0.15, -0.1) is 0 Å². The van der Waals surface area contributed by atoms with E-state index in [4.69, 9.17) is 0 Å². The first kappa shape index (κ1) is 12.1. The van der Waals surface area contributed by atoms with Crippen LogP contribution in [0, 0.1) is 0 Å². The minimum Gasteiger partial charge on any atom is -0.508 e. The number of phenolic OH excluding ortho intramolecular Hbond substituents is 2. The molecule has 1 aliphatic carbocycles. The summed E-state index contributed by atoms with van der Waals surface area (Å²) in [7, 11) is 1.71. The molecule has 0 bridgehead atoms. The molecule has 2 N–H and O–H groups in total. The van der Waals surface area contributed by atoms with Crippen molar-refractivity contribution in [1.82, 2.24) is 0 Å². The second kappa shape index (κ2) is 5.31. The lowest BCUT2D eigenvalue weighted by atomic mass is 10.1. The maximum absolute atomic E-state index is 9.65. The second-order valence-electron chi connectivity index (χ2n) is 3.84. The monoisotopic (exact) mass is 242 g/mol. The van der Waals surface area contributed by atoms with Crippen LogP contribution < -0.4 is 0 Å². The van der Waals surface area contributed by atoms with Gasteiger partial charge in [-0.3, -0.25) is 9.98 Å². The summed E-state index contributed by atoms with van der Waals surface area (Å²) in [6, 6.07) is 4.49. The van der Waals surface area contributed by atoms with Gasteiger partial charge in [-0.2, -0.15) is 0 Å². The maximum atomic E-state index is 9.65. The number of rotatable bonds is 2. The van der Waals surface area contributed by atoms with E-state index < -0.39 is 0 Å². The number of hydrogen-bond donors (Lipinski definition) is 2. The zero-order valence-electron chi connectivity index (χ0n) is 10.0. The van der Waals surface area contributed by atoms with Crippen molar-refractivity contribution < 1.29 is 10.2 Å². The van der Waals surface area contributed by atoms with Crippen LogP contribution in [0.1, 0.15) is 5.56 Å². The standard InChI is InChI=1S/C14H14N2O2/c1-15-12-4-2-3-5-13(12)16-9-10-6-7-11(17)8-14(10)18/h2-8,17-18H,9H2,1H3/b15-12-,16-13-. The minimum absolute atomic E-state index is 0.0419. The Morgan fingerprint density at radius 2 is 1.78 bits per heavy atom. The van der Waals surface area contributed by atoms with Gasteiger partial charge in [0.1, 0.15) is 11.5 Å². The zero-order chi connectivity index (χ0) is 13.0. The van der Waals surface area contributed by atoms with Crippen molar-refractivity contribution in [3.8, 4) is 11.5 Å². The molecule has 0 spiro atoms. The smallest absolute Gasteiger partial charge is 0.124 e. The first-order valence-electron chi connectivity index (χ1n) is 5.58. The van der Waals surface area contributed by atoms with Gasteiger partial charge in [0.15, 0.2) is 0 Å². The Balaban J connectivity index is 2.20. The fourth-order valence-corrected chi connectivity index (χ4v) is 1.64. The Morgan fingerprint density at radius 3 is 2.44 bits per heavy atom. The van der Waals surface area contributed by atoms with E-state index >= 15 is 0 Å². The van der Waals surface area contributed by atoms with Crippen molar-refractivity contribution in [2.45, 2.75) is 6.54 Å². The van der Waals surface area contributed by atoms with E-state index in [0.29, 0.717) is 12.1 Å². The fourth-order valence-electron chi connectivity index (χ4n) is 1.64. The highest BCUT2D eigenvalue weighted by atomic mass is 16.3. The van der Waals surface area contributed by atoms with Crippen LogP contribution in [0.25, 0.3) is 0 Å². The third-order valence-electron chi connectivity index (χ3n) is 2.61. The Hall–Kier alpha value is -2.36. The van der Waals surface area contributed by atoms with E-state index in [-0.39, 0.29) is 11.5 Å². The lowest BCUT2D eigenvalue weighted by Crippen LogP contribution is -2.11. The predicted octanol–water partition coefficient (Wildman–Crippen LogP) is 2.24. The van der Waals surface area contributed by atoms with Gasteiger partial charge >= 0.3 is 0 Å². The Bertz CT molecular complexity index is 569.